The maximum Gasteiger partial charge on any atom is 0.271 e. The van der Waals surface area contributed by atoms with Crippen molar-refractivity contribution in [1.82, 2.24) is 4.57 Å². The van der Waals surface area contributed by atoms with Crippen LogP contribution in [0.2, 0.25) is 0 Å². The molecule has 0 spiro atoms. The van der Waals surface area contributed by atoms with E-state index in [1.165, 1.54) is 12.1 Å². The van der Waals surface area contributed by atoms with E-state index >= 15 is 0 Å². The van der Waals surface area contributed by atoms with Crippen LogP contribution in [0.4, 0.5) is 11.4 Å². The standard InChI is InChI=1S/C19H15N3O3/c23-19(15-4-3-5-16(12-15)20-9-1-2-10-20)21-11-8-14-6-7-17(22(24)25)13-18(14)21/h1-7,9-10,12-13H,8,11H2. The van der Waals surface area contributed by atoms with Gasteiger partial charge < -0.3 is 9.47 Å². The molecule has 0 atom stereocenters. The molecule has 1 amide bonds. The summed E-state index contributed by atoms with van der Waals surface area (Å²) in [5.74, 6) is -0.145. The second-order valence-electron chi connectivity index (χ2n) is 5.92. The number of nitro groups is 1. The summed E-state index contributed by atoms with van der Waals surface area (Å²) in [6.45, 7) is 0.531. The molecule has 0 saturated heterocycles. The van der Waals surface area contributed by atoms with Gasteiger partial charge in [0, 0.05) is 42.3 Å². The number of non-ortho nitro benzene ring substituents is 1. The number of aromatic nitrogens is 1. The van der Waals surface area contributed by atoms with Crippen molar-refractivity contribution in [2.45, 2.75) is 6.42 Å². The van der Waals surface area contributed by atoms with Crippen molar-refractivity contribution in [3.8, 4) is 5.69 Å². The summed E-state index contributed by atoms with van der Waals surface area (Å²) >= 11 is 0. The van der Waals surface area contributed by atoms with E-state index in [0.717, 1.165) is 11.3 Å². The number of nitrogens with zero attached hydrogens (tertiary/aromatic N) is 3. The SMILES string of the molecule is O=C(c1cccc(-n2cccc2)c1)N1CCc2ccc([N+](=O)[O-])cc21. The Bertz CT molecular complexity index is 964. The number of hydrogen-bond donors (Lipinski definition) is 0. The van der Waals surface area contributed by atoms with Gasteiger partial charge in [-0.3, -0.25) is 14.9 Å². The first-order chi connectivity index (χ1) is 12.1. The van der Waals surface area contributed by atoms with Gasteiger partial charge in [0.15, 0.2) is 0 Å². The zero-order valence-corrected chi connectivity index (χ0v) is 13.3. The van der Waals surface area contributed by atoms with Crippen molar-refractivity contribution < 1.29 is 9.72 Å². The minimum Gasteiger partial charge on any atom is -0.324 e. The highest BCUT2D eigenvalue weighted by molar-refractivity contribution is 6.07. The summed E-state index contributed by atoms with van der Waals surface area (Å²) < 4.78 is 1.93. The van der Waals surface area contributed by atoms with Crippen LogP contribution >= 0.6 is 0 Å². The van der Waals surface area contributed by atoms with E-state index in [-0.39, 0.29) is 11.6 Å². The van der Waals surface area contributed by atoms with E-state index in [1.54, 1.807) is 17.0 Å². The minimum absolute atomic E-state index is 0.000424. The van der Waals surface area contributed by atoms with E-state index in [9.17, 15) is 14.9 Å². The van der Waals surface area contributed by atoms with E-state index < -0.39 is 4.92 Å². The molecule has 25 heavy (non-hydrogen) atoms. The third-order valence-corrected chi connectivity index (χ3v) is 4.42. The monoisotopic (exact) mass is 333 g/mol. The largest absolute Gasteiger partial charge is 0.324 e. The Morgan fingerprint density at radius 3 is 2.60 bits per heavy atom. The fourth-order valence-electron chi connectivity index (χ4n) is 3.15. The minimum atomic E-state index is -0.437. The number of benzene rings is 2. The summed E-state index contributed by atoms with van der Waals surface area (Å²) in [6.07, 6.45) is 4.53. The molecule has 6 nitrogen and oxygen atoms in total. The van der Waals surface area contributed by atoms with Gasteiger partial charge in [0.25, 0.3) is 11.6 Å². The van der Waals surface area contributed by atoms with Crippen LogP contribution in [-0.2, 0) is 6.42 Å². The van der Waals surface area contributed by atoms with Gasteiger partial charge in [0.1, 0.15) is 0 Å². The summed E-state index contributed by atoms with van der Waals surface area (Å²) in [5.41, 5.74) is 3.05. The van der Waals surface area contributed by atoms with Gasteiger partial charge in [-0.1, -0.05) is 12.1 Å². The molecule has 1 aromatic heterocycles. The van der Waals surface area contributed by atoms with Crippen LogP contribution in [0.25, 0.3) is 5.69 Å². The number of carbonyl (C=O) groups excluding carboxylic acids is 1. The molecule has 3 aromatic rings. The average Bonchev–Trinajstić information content (AvgIpc) is 3.30. The molecule has 1 aliphatic rings. The van der Waals surface area contributed by atoms with Crippen LogP contribution in [0.15, 0.2) is 67.0 Å². The fraction of sp³-hybridized carbons (Fsp3) is 0.105. The Hall–Kier alpha value is -3.41. The van der Waals surface area contributed by atoms with Crippen LogP contribution in [0.1, 0.15) is 15.9 Å². The highest BCUT2D eigenvalue weighted by Gasteiger charge is 2.27. The lowest BCUT2D eigenvalue weighted by molar-refractivity contribution is -0.384. The Kier molecular flexibility index (Phi) is 3.57. The Labute approximate surface area is 144 Å². The number of rotatable bonds is 3. The molecule has 0 bridgehead atoms. The van der Waals surface area contributed by atoms with Gasteiger partial charge in [-0.15, -0.1) is 0 Å². The van der Waals surface area contributed by atoms with Crippen molar-refractivity contribution >= 4 is 17.3 Å². The first-order valence-electron chi connectivity index (χ1n) is 7.96. The third-order valence-electron chi connectivity index (χ3n) is 4.42. The first-order valence-corrected chi connectivity index (χ1v) is 7.96. The predicted molar refractivity (Wildman–Crippen MR) is 94.2 cm³/mol. The van der Waals surface area contributed by atoms with Gasteiger partial charge in [-0.05, 0) is 42.3 Å². The quantitative estimate of drug-likeness (QED) is 0.543. The number of nitro benzene ring substituents is 1. The number of anilines is 1. The number of carbonyl (C=O) groups is 1. The average molecular weight is 333 g/mol. The molecule has 2 heterocycles. The van der Waals surface area contributed by atoms with Gasteiger partial charge >= 0.3 is 0 Å². The van der Waals surface area contributed by atoms with Crippen molar-refractivity contribution in [3.63, 3.8) is 0 Å². The second-order valence-corrected chi connectivity index (χ2v) is 5.92. The number of hydrogen-bond acceptors (Lipinski definition) is 3. The maximum atomic E-state index is 13.0. The van der Waals surface area contributed by atoms with E-state index in [1.807, 2.05) is 47.3 Å². The molecule has 6 heteroatoms. The number of fused-ring (bicyclic) bond motifs is 1. The van der Waals surface area contributed by atoms with Gasteiger partial charge in [0.05, 0.1) is 10.6 Å². The van der Waals surface area contributed by atoms with Gasteiger partial charge in [0.2, 0.25) is 0 Å². The molecule has 0 aliphatic carbocycles. The van der Waals surface area contributed by atoms with Crippen LogP contribution in [0, 0.1) is 10.1 Å². The first kappa shape index (κ1) is 15.1. The van der Waals surface area contributed by atoms with Crippen molar-refractivity contribution in [1.29, 1.82) is 0 Å². The van der Waals surface area contributed by atoms with Gasteiger partial charge in [-0.2, -0.15) is 0 Å². The predicted octanol–water partition coefficient (Wildman–Crippen LogP) is 3.59. The summed E-state index contributed by atoms with van der Waals surface area (Å²) in [7, 11) is 0. The molecule has 4 rings (SSSR count). The zero-order valence-electron chi connectivity index (χ0n) is 13.3. The lowest BCUT2D eigenvalue weighted by atomic mass is 10.1. The third kappa shape index (κ3) is 2.67. The van der Waals surface area contributed by atoms with Gasteiger partial charge in [-0.25, -0.2) is 0 Å². The fourth-order valence-corrected chi connectivity index (χ4v) is 3.15. The summed E-state index contributed by atoms with van der Waals surface area (Å²) in [4.78, 5) is 25.2. The second kappa shape index (κ2) is 5.90. The smallest absolute Gasteiger partial charge is 0.271 e. The van der Waals surface area contributed by atoms with Crippen molar-refractivity contribution in [3.05, 3.63) is 88.2 Å². The lowest BCUT2D eigenvalue weighted by Crippen LogP contribution is -2.29. The molecule has 0 saturated carbocycles. The Morgan fingerprint density at radius 2 is 1.84 bits per heavy atom. The Balaban J connectivity index is 1.69. The molecule has 0 N–H and O–H groups in total. The topological polar surface area (TPSA) is 68.4 Å². The van der Waals surface area contributed by atoms with Crippen molar-refractivity contribution in [2.24, 2.45) is 0 Å². The Morgan fingerprint density at radius 1 is 1.04 bits per heavy atom. The lowest BCUT2D eigenvalue weighted by Gasteiger charge is -2.18. The van der Waals surface area contributed by atoms with Crippen LogP contribution < -0.4 is 4.90 Å². The van der Waals surface area contributed by atoms with Crippen LogP contribution in [0.5, 0.6) is 0 Å². The normalized spacial score (nSPS) is 12.9. The van der Waals surface area contributed by atoms with E-state index in [0.29, 0.717) is 24.2 Å². The molecule has 0 unspecified atom stereocenters. The highest BCUT2D eigenvalue weighted by Crippen LogP contribution is 2.32. The molecular formula is C19H15N3O3. The molecule has 0 fully saturated rings. The van der Waals surface area contributed by atoms with E-state index in [2.05, 4.69) is 0 Å². The highest BCUT2D eigenvalue weighted by atomic mass is 16.6. The summed E-state index contributed by atoms with van der Waals surface area (Å²) in [5, 5.41) is 11.0. The molecule has 1 aliphatic heterocycles. The molecule has 2 aromatic carbocycles. The number of amides is 1. The molecule has 0 radical (unpaired) electrons. The molecule has 124 valence electrons. The van der Waals surface area contributed by atoms with Crippen LogP contribution in [0.3, 0.4) is 0 Å². The van der Waals surface area contributed by atoms with Crippen molar-refractivity contribution in [2.75, 3.05) is 11.4 Å². The van der Waals surface area contributed by atoms with E-state index in [4.69, 9.17) is 0 Å². The summed E-state index contributed by atoms with van der Waals surface area (Å²) in [6, 6.07) is 15.9. The molecular weight excluding hydrogens is 318 g/mol. The maximum absolute atomic E-state index is 13.0. The van der Waals surface area contributed by atoms with Crippen LogP contribution in [-0.4, -0.2) is 21.9 Å². The zero-order chi connectivity index (χ0) is 17.4.